The highest BCUT2D eigenvalue weighted by Crippen LogP contribution is 2.50. The van der Waals surface area contributed by atoms with Crippen LogP contribution in [0.25, 0.3) is 5.57 Å². The number of allylic oxidation sites excluding steroid dienone is 2. The zero-order valence-corrected chi connectivity index (χ0v) is 17.9. The van der Waals surface area contributed by atoms with Gasteiger partial charge in [0.1, 0.15) is 5.75 Å². The fourth-order valence-corrected chi connectivity index (χ4v) is 4.41. The van der Waals surface area contributed by atoms with E-state index in [0.29, 0.717) is 23.3 Å². The summed E-state index contributed by atoms with van der Waals surface area (Å²) in [5.41, 5.74) is 5.21. The van der Waals surface area contributed by atoms with Crippen LogP contribution in [0.15, 0.2) is 42.0 Å². The Labute approximate surface area is 185 Å². The number of amides is 1. The van der Waals surface area contributed by atoms with E-state index in [1.165, 1.54) is 0 Å². The molecule has 32 heavy (non-hydrogen) atoms. The van der Waals surface area contributed by atoms with Crippen LogP contribution in [-0.4, -0.2) is 47.8 Å². The van der Waals surface area contributed by atoms with Gasteiger partial charge in [0.2, 0.25) is 0 Å². The Morgan fingerprint density at radius 3 is 2.72 bits per heavy atom. The third-order valence-electron chi connectivity index (χ3n) is 6.18. The summed E-state index contributed by atoms with van der Waals surface area (Å²) in [7, 11) is 0. The van der Waals surface area contributed by atoms with Gasteiger partial charge in [0.15, 0.2) is 12.4 Å². The molecule has 164 valence electrons. The maximum atomic E-state index is 13.4. The number of aliphatic hydroxyl groups excluding tert-OH is 2. The highest BCUT2D eigenvalue weighted by Gasteiger charge is 2.42. The lowest BCUT2D eigenvalue weighted by Crippen LogP contribution is -2.36. The van der Waals surface area contributed by atoms with E-state index in [2.05, 4.69) is 25.2 Å². The van der Waals surface area contributed by atoms with Gasteiger partial charge in [0, 0.05) is 23.1 Å². The number of nitrogens with zero attached hydrogens (tertiary/aromatic N) is 1. The van der Waals surface area contributed by atoms with Crippen molar-refractivity contribution in [1.29, 1.82) is 5.26 Å². The highest BCUT2D eigenvalue weighted by atomic mass is 16.5. The van der Waals surface area contributed by atoms with Gasteiger partial charge < -0.3 is 20.3 Å². The first-order chi connectivity index (χ1) is 15.3. The summed E-state index contributed by atoms with van der Waals surface area (Å²) >= 11 is 0. The van der Waals surface area contributed by atoms with Crippen LogP contribution in [0.2, 0.25) is 0 Å². The maximum absolute atomic E-state index is 13.4. The van der Waals surface area contributed by atoms with E-state index >= 15 is 0 Å². The standard InChI is InChI=1S/C25H24N2O5/c1-25(2)20-9-17(32-13-22(30)27-11-16(29)12-28)4-6-19(20)24(31)23-18-5-3-14(10-26)7-15(18)8-21(23)25/h3-7,9,16,28-29H,8,11-13H2,1-2H3,(H,27,30). The Kier molecular flexibility index (Phi) is 5.59. The zero-order chi connectivity index (χ0) is 23.0. The van der Waals surface area contributed by atoms with Crippen LogP contribution < -0.4 is 10.1 Å². The van der Waals surface area contributed by atoms with Gasteiger partial charge in [-0.3, -0.25) is 9.59 Å². The summed E-state index contributed by atoms with van der Waals surface area (Å²) in [4.78, 5) is 25.3. The van der Waals surface area contributed by atoms with E-state index in [1.54, 1.807) is 24.3 Å². The van der Waals surface area contributed by atoms with Crippen LogP contribution in [0.5, 0.6) is 5.75 Å². The molecule has 2 aromatic carbocycles. The number of rotatable bonds is 6. The number of aliphatic hydroxyl groups is 2. The Morgan fingerprint density at radius 1 is 1.25 bits per heavy atom. The second kappa shape index (κ2) is 8.23. The molecule has 0 spiro atoms. The third-order valence-corrected chi connectivity index (χ3v) is 6.18. The molecule has 1 atom stereocenters. The van der Waals surface area contributed by atoms with Crippen LogP contribution in [0.4, 0.5) is 0 Å². The molecular weight excluding hydrogens is 408 g/mol. The zero-order valence-electron chi connectivity index (χ0n) is 17.9. The lowest BCUT2D eigenvalue weighted by Gasteiger charge is -2.34. The van der Waals surface area contributed by atoms with Crippen molar-refractivity contribution in [1.82, 2.24) is 5.32 Å². The largest absolute Gasteiger partial charge is 0.484 e. The number of hydrogen-bond acceptors (Lipinski definition) is 6. The van der Waals surface area contributed by atoms with Gasteiger partial charge in [-0.05, 0) is 59.0 Å². The molecule has 3 N–H and O–H groups in total. The number of fused-ring (bicyclic) bond motifs is 3. The topological polar surface area (TPSA) is 120 Å². The van der Waals surface area contributed by atoms with Crippen LogP contribution in [0, 0.1) is 11.3 Å². The number of ether oxygens (including phenoxy) is 1. The molecule has 7 nitrogen and oxygen atoms in total. The van der Waals surface area contributed by atoms with Crippen molar-refractivity contribution in [3.63, 3.8) is 0 Å². The van der Waals surface area contributed by atoms with Crippen molar-refractivity contribution < 1.29 is 24.5 Å². The fraction of sp³-hybridized carbons (Fsp3) is 0.320. The van der Waals surface area contributed by atoms with E-state index < -0.39 is 24.0 Å². The smallest absolute Gasteiger partial charge is 0.258 e. The van der Waals surface area contributed by atoms with Crippen LogP contribution in [-0.2, 0) is 16.6 Å². The normalized spacial score (nSPS) is 16.5. The number of carbonyl (C=O) groups excluding carboxylic acids is 2. The second-order valence-electron chi connectivity index (χ2n) is 8.60. The van der Waals surface area contributed by atoms with Gasteiger partial charge in [0.25, 0.3) is 5.91 Å². The molecule has 0 aromatic heterocycles. The van der Waals surface area contributed by atoms with E-state index in [4.69, 9.17) is 9.84 Å². The number of nitrogens with one attached hydrogen (secondary N) is 1. The Morgan fingerprint density at radius 2 is 2.00 bits per heavy atom. The van der Waals surface area contributed by atoms with Gasteiger partial charge in [-0.25, -0.2) is 0 Å². The molecule has 1 unspecified atom stereocenters. The van der Waals surface area contributed by atoms with Gasteiger partial charge in [-0.1, -0.05) is 19.9 Å². The van der Waals surface area contributed by atoms with Crippen LogP contribution >= 0.6 is 0 Å². The number of ketones is 1. The predicted molar refractivity (Wildman–Crippen MR) is 117 cm³/mol. The molecular formula is C25H24N2O5. The van der Waals surface area contributed by atoms with Crippen molar-refractivity contribution in [2.75, 3.05) is 19.8 Å². The predicted octanol–water partition coefficient (Wildman–Crippen LogP) is 1.89. The first-order valence-electron chi connectivity index (χ1n) is 10.4. The lowest BCUT2D eigenvalue weighted by molar-refractivity contribution is -0.123. The molecule has 1 amide bonds. The van der Waals surface area contributed by atoms with Crippen LogP contribution in [0.3, 0.4) is 0 Å². The van der Waals surface area contributed by atoms with Gasteiger partial charge in [-0.15, -0.1) is 0 Å². The Balaban J connectivity index is 1.58. The molecule has 4 rings (SSSR count). The minimum absolute atomic E-state index is 0.0416. The first-order valence-corrected chi connectivity index (χ1v) is 10.4. The molecule has 0 aliphatic heterocycles. The fourth-order valence-electron chi connectivity index (χ4n) is 4.41. The maximum Gasteiger partial charge on any atom is 0.258 e. The monoisotopic (exact) mass is 432 g/mol. The molecule has 2 aliphatic rings. The van der Waals surface area contributed by atoms with E-state index in [1.807, 2.05) is 12.1 Å². The average Bonchev–Trinajstić information content (AvgIpc) is 3.19. The summed E-state index contributed by atoms with van der Waals surface area (Å²) < 4.78 is 5.61. The number of Topliss-reactive ketones (excluding diaryl/α,β-unsaturated/α-hetero) is 1. The Hall–Kier alpha value is -3.47. The SMILES string of the molecule is CC1(C)C2=C(C(=O)c3ccc(OCC(=O)NCC(O)CO)cc31)c1ccc(C#N)cc1C2. The van der Waals surface area contributed by atoms with Crippen molar-refractivity contribution in [3.05, 3.63) is 69.8 Å². The molecule has 0 heterocycles. The van der Waals surface area contributed by atoms with Crippen molar-refractivity contribution in [2.45, 2.75) is 31.8 Å². The van der Waals surface area contributed by atoms with Crippen molar-refractivity contribution >= 4 is 17.3 Å². The molecule has 0 bridgehead atoms. The molecule has 0 fully saturated rings. The number of nitriles is 1. The van der Waals surface area contributed by atoms with Crippen molar-refractivity contribution in [3.8, 4) is 11.8 Å². The number of hydrogen-bond donors (Lipinski definition) is 3. The van der Waals surface area contributed by atoms with Gasteiger partial charge >= 0.3 is 0 Å². The van der Waals surface area contributed by atoms with Crippen molar-refractivity contribution in [2.24, 2.45) is 0 Å². The third kappa shape index (κ3) is 3.68. The lowest BCUT2D eigenvalue weighted by atomic mass is 9.68. The van der Waals surface area contributed by atoms with E-state index in [-0.39, 0.29) is 18.9 Å². The molecule has 2 aromatic rings. The Bertz CT molecular complexity index is 1190. The highest BCUT2D eigenvalue weighted by molar-refractivity contribution is 6.33. The summed E-state index contributed by atoms with van der Waals surface area (Å²) in [5.74, 6) is 0.00367. The first kappa shape index (κ1) is 21.8. The second-order valence-corrected chi connectivity index (χ2v) is 8.60. The quantitative estimate of drug-likeness (QED) is 0.641. The molecule has 0 saturated heterocycles. The van der Waals surface area contributed by atoms with E-state index in [0.717, 1.165) is 27.8 Å². The summed E-state index contributed by atoms with van der Waals surface area (Å²) in [6, 6.07) is 12.8. The molecule has 2 aliphatic carbocycles. The van der Waals surface area contributed by atoms with Gasteiger partial charge in [-0.2, -0.15) is 5.26 Å². The number of benzene rings is 2. The minimum Gasteiger partial charge on any atom is -0.484 e. The molecule has 0 radical (unpaired) electrons. The van der Waals surface area contributed by atoms with E-state index in [9.17, 15) is 20.0 Å². The summed E-state index contributed by atoms with van der Waals surface area (Å²) in [6.07, 6.45) is -0.407. The molecule has 7 heteroatoms. The number of carbonyl (C=O) groups is 2. The van der Waals surface area contributed by atoms with Crippen LogP contribution in [0.1, 0.15) is 46.5 Å². The van der Waals surface area contributed by atoms with Gasteiger partial charge in [0.05, 0.1) is 24.3 Å². The summed E-state index contributed by atoms with van der Waals surface area (Å²) in [6.45, 7) is 3.39. The molecule has 0 saturated carbocycles. The summed E-state index contributed by atoms with van der Waals surface area (Å²) in [5, 5.41) is 29.8. The average molecular weight is 432 g/mol. The minimum atomic E-state index is -1.02.